The number of nitrogens with one attached hydrogen (secondary N) is 2. The fourth-order valence-corrected chi connectivity index (χ4v) is 2.87. The van der Waals surface area contributed by atoms with Gasteiger partial charge in [-0.3, -0.25) is 9.79 Å². The number of ether oxygens (including phenoxy) is 1. The molecule has 1 aliphatic rings. The number of rotatable bonds is 8. The minimum Gasteiger partial charge on any atom is -0.469 e. The van der Waals surface area contributed by atoms with E-state index in [1.54, 1.807) is 12.3 Å². The number of methoxy groups -OCH3 is 1. The Morgan fingerprint density at radius 2 is 2.35 bits per heavy atom. The van der Waals surface area contributed by atoms with Crippen LogP contribution in [0.2, 0.25) is 0 Å². The Labute approximate surface area is 154 Å². The van der Waals surface area contributed by atoms with Crippen LogP contribution in [0.25, 0.3) is 0 Å². The molecule has 2 rings (SSSR count). The van der Waals surface area contributed by atoms with Gasteiger partial charge in [-0.15, -0.1) is 0 Å². The number of carbonyl (C=O) groups excluding carboxylic acids is 1. The van der Waals surface area contributed by atoms with Crippen molar-refractivity contribution in [3.05, 3.63) is 24.1 Å². The molecule has 2 heterocycles. The van der Waals surface area contributed by atoms with Gasteiger partial charge in [0, 0.05) is 44.8 Å². The maximum absolute atomic E-state index is 13.9. The molecule has 144 valence electrons. The van der Waals surface area contributed by atoms with Crippen molar-refractivity contribution >= 4 is 17.7 Å². The van der Waals surface area contributed by atoms with E-state index in [0.717, 1.165) is 38.3 Å². The standard InChI is InChI=1S/C18H28FN5O2/c1-3-20-18(22-10-5-4-8-16(25)26-2)23-14-9-12-24(13-14)17-15(19)7-6-11-21-17/h6-7,11,14H,3-5,8-10,12-13H2,1-2H3,(H2,20,22,23). The summed E-state index contributed by atoms with van der Waals surface area (Å²) >= 11 is 0. The van der Waals surface area contributed by atoms with Gasteiger partial charge in [-0.05, 0) is 38.3 Å². The molecule has 1 fully saturated rings. The van der Waals surface area contributed by atoms with Crippen LogP contribution in [-0.4, -0.2) is 56.2 Å². The average Bonchev–Trinajstić information content (AvgIpc) is 3.10. The molecular formula is C18H28FN5O2. The average molecular weight is 365 g/mol. The van der Waals surface area contributed by atoms with E-state index >= 15 is 0 Å². The number of anilines is 1. The summed E-state index contributed by atoms with van der Waals surface area (Å²) in [6, 6.07) is 3.22. The molecule has 0 bridgehead atoms. The van der Waals surface area contributed by atoms with Gasteiger partial charge in [-0.2, -0.15) is 0 Å². The first-order valence-corrected chi connectivity index (χ1v) is 9.11. The zero-order valence-corrected chi connectivity index (χ0v) is 15.5. The number of guanidine groups is 1. The van der Waals surface area contributed by atoms with Crippen molar-refractivity contribution in [3.8, 4) is 0 Å². The highest BCUT2D eigenvalue weighted by molar-refractivity contribution is 5.80. The minimum atomic E-state index is -0.292. The van der Waals surface area contributed by atoms with Gasteiger partial charge in [0.2, 0.25) is 0 Å². The molecule has 1 atom stereocenters. The SMILES string of the molecule is CCNC(=NCCCCC(=O)OC)NC1CCN(c2ncccc2F)C1. The summed E-state index contributed by atoms with van der Waals surface area (Å²) in [7, 11) is 1.40. The van der Waals surface area contributed by atoms with Crippen molar-refractivity contribution in [2.45, 2.75) is 38.6 Å². The summed E-state index contributed by atoms with van der Waals surface area (Å²) in [5, 5.41) is 6.63. The molecule has 1 saturated heterocycles. The van der Waals surface area contributed by atoms with Crippen LogP contribution >= 0.6 is 0 Å². The fraction of sp³-hybridized carbons (Fsp3) is 0.611. The Balaban J connectivity index is 1.81. The van der Waals surface area contributed by atoms with Crippen molar-refractivity contribution in [3.63, 3.8) is 0 Å². The maximum atomic E-state index is 13.9. The molecule has 2 N–H and O–H groups in total. The van der Waals surface area contributed by atoms with Crippen molar-refractivity contribution in [1.29, 1.82) is 0 Å². The number of unbranched alkanes of at least 4 members (excludes halogenated alkanes) is 1. The molecule has 0 saturated carbocycles. The molecule has 1 aromatic rings. The predicted octanol–water partition coefficient (Wildman–Crippen LogP) is 1.70. The predicted molar refractivity (Wildman–Crippen MR) is 99.8 cm³/mol. The number of hydrogen-bond donors (Lipinski definition) is 2. The third kappa shape index (κ3) is 6.16. The van der Waals surface area contributed by atoms with Crippen LogP contribution in [0, 0.1) is 5.82 Å². The van der Waals surface area contributed by atoms with Crippen molar-refractivity contribution in [2.75, 3.05) is 38.2 Å². The summed E-state index contributed by atoms with van der Waals surface area (Å²) in [5.74, 6) is 0.673. The van der Waals surface area contributed by atoms with Gasteiger partial charge < -0.3 is 20.3 Å². The van der Waals surface area contributed by atoms with Gasteiger partial charge in [0.25, 0.3) is 0 Å². The van der Waals surface area contributed by atoms with E-state index in [9.17, 15) is 9.18 Å². The zero-order valence-electron chi connectivity index (χ0n) is 15.5. The largest absolute Gasteiger partial charge is 0.469 e. The number of nitrogens with zero attached hydrogens (tertiary/aromatic N) is 3. The van der Waals surface area contributed by atoms with Crippen molar-refractivity contribution < 1.29 is 13.9 Å². The highest BCUT2D eigenvalue weighted by Gasteiger charge is 2.25. The Bertz CT molecular complexity index is 611. The first kappa shape index (κ1) is 19.9. The van der Waals surface area contributed by atoms with Crippen LogP contribution in [-0.2, 0) is 9.53 Å². The van der Waals surface area contributed by atoms with Gasteiger partial charge in [-0.25, -0.2) is 9.37 Å². The number of halogens is 1. The van der Waals surface area contributed by atoms with E-state index in [1.165, 1.54) is 13.2 Å². The first-order valence-electron chi connectivity index (χ1n) is 9.11. The van der Waals surface area contributed by atoms with Crippen LogP contribution in [0.4, 0.5) is 10.2 Å². The van der Waals surface area contributed by atoms with Crippen molar-refractivity contribution in [2.24, 2.45) is 4.99 Å². The molecule has 0 amide bonds. The monoisotopic (exact) mass is 365 g/mol. The molecule has 0 radical (unpaired) electrons. The van der Waals surface area contributed by atoms with Crippen LogP contribution in [0.15, 0.2) is 23.3 Å². The van der Waals surface area contributed by atoms with E-state index in [2.05, 4.69) is 25.3 Å². The highest BCUT2D eigenvalue weighted by atomic mass is 19.1. The fourth-order valence-electron chi connectivity index (χ4n) is 2.87. The third-order valence-electron chi connectivity index (χ3n) is 4.20. The Morgan fingerprint density at radius 3 is 3.08 bits per heavy atom. The number of aromatic nitrogens is 1. The lowest BCUT2D eigenvalue weighted by Crippen LogP contribution is -2.44. The molecule has 1 unspecified atom stereocenters. The maximum Gasteiger partial charge on any atom is 0.305 e. The summed E-state index contributed by atoms with van der Waals surface area (Å²) in [6.45, 7) is 4.85. The molecule has 8 heteroatoms. The molecule has 7 nitrogen and oxygen atoms in total. The quantitative estimate of drug-likeness (QED) is 0.316. The van der Waals surface area contributed by atoms with E-state index < -0.39 is 0 Å². The van der Waals surface area contributed by atoms with Crippen molar-refractivity contribution in [1.82, 2.24) is 15.6 Å². The van der Waals surface area contributed by atoms with Gasteiger partial charge in [0.05, 0.1) is 7.11 Å². The summed E-state index contributed by atoms with van der Waals surface area (Å²) in [5.41, 5.74) is 0. The normalized spacial score (nSPS) is 17.3. The second-order valence-corrected chi connectivity index (χ2v) is 6.18. The van der Waals surface area contributed by atoms with Gasteiger partial charge >= 0.3 is 5.97 Å². The molecular weight excluding hydrogens is 337 g/mol. The number of esters is 1. The summed E-state index contributed by atoms with van der Waals surface area (Å²) in [6.07, 6.45) is 4.50. The van der Waals surface area contributed by atoms with E-state index in [0.29, 0.717) is 25.3 Å². The number of aliphatic imine (C=N–C) groups is 1. The van der Waals surface area contributed by atoms with Crippen LogP contribution in [0.5, 0.6) is 0 Å². The molecule has 1 aliphatic heterocycles. The molecule has 0 aliphatic carbocycles. The molecule has 0 spiro atoms. The summed E-state index contributed by atoms with van der Waals surface area (Å²) < 4.78 is 18.5. The molecule has 26 heavy (non-hydrogen) atoms. The molecule has 1 aromatic heterocycles. The lowest BCUT2D eigenvalue weighted by molar-refractivity contribution is -0.140. The Kier molecular flexibility index (Phi) is 8.11. The Morgan fingerprint density at radius 1 is 1.50 bits per heavy atom. The number of pyridine rings is 1. The Hall–Kier alpha value is -2.38. The van der Waals surface area contributed by atoms with Crippen LogP contribution in [0.3, 0.4) is 0 Å². The van der Waals surface area contributed by atoms with Crippen LogP contribution < -0.4 is 15.5 Å². The summed E-state index contributed by atoms with van der Waals surface area (Å²) in [4.78, 5) is 21.7. The van der Waals surface area contributed by atoms with E-state index in [-0.39, 0.29) is 17.8 Å². The lowest BCUT2D eigenvalue weighted by atomic mass is 10.2. The number of hydrogen-bond acceptors (Lipinski definition) is 5. The highest BCUT2D eigenvalue weighted by Crippen LogP contribution is 2.20. The first-order chi connectivity index (χ1) is 12.6. The number of carbonyl (C=O) groups is 1. The zero-order chi connectivity index (χ0) is 18.8. The van der Waals surface area contributed by atoms with Crippen LogP contribution in [0.1, 0.15) is 32.6 Å². The van der Waals surface area contributed by atoms with Gasteiger partial charge in [0.15, 0.2) is 17.6 Å². The lowest BCUT2D eigenvalue weighted by Gasteiger charge is -2.19. The minimum absolute atomic E-state index is 0.185. The second-order valence-electron chi connectivity index (χ2n) is 6.18. The van der Waals surface area contributed by atoms with Gasteiger partial charge in [-0.1, -0.05) is 0 Å². The topological polar surface area (TPSA) is 78.8 Å². The van der Waals surface area contributed by atoms with Gasteiger partial charge in [0.1, 0.15) is 0 Å². The third-order valence-corrected chi connectivity index (χ3v) is 4.20. The second kappa shape index (κ2) is 10.6. The van der Waals surface area contributed by atoms with E-state index in [1.807, 2.05) is 11.8 Å². The van der Waals surface area contributed by atoms with E-state index in [4.69, 9.17) is 0 Å². The molecule has 0 aromatic carbocycles. The smallest absolute Gasteiger partial charge is 0.305 e.